The summed E-state index contributed by atoms with van der Waals surface area (Å²) in [5, 5.41) is 3.19. The lowest BCUT2D eigenvalue weighted by Gasteiger charge is -2.28. The van der Waals surface area contributed by atoms with Crippen LogP contribution in [0.2, 0.25) is 0 Å². The Kier molecular flexibility index (Phi) is 3.58. The van der Waals surface area contributed by atoms with Crippen molar-refractivity contribution in [1.82, 2.24) is 9.97 Å². The molecule has 1 aliphatic rings. The maximum absolute atomic E-state index is 4.15. The third-order valence-corrected chi connectivity index (χ3v) is 3.41. The summed E-state index contributed by atoms with van der Waals surface area (Å²) in [5.41, 5.74) is 2.33. The average Bonchev–Trinajstić information content (AvgIpc) is 2.50. The molecular formula is C15H18N4. The van der Waals surface area contributed by atoms with Gasteiger partial charge in [-0.25, -0.2) is 9.97 Å². The minimum Gasteiger partial charge on any atom is -0.372 e. The van der Waals surface area contributed by atoms with Crippen molar-refractivity contribution < 1.29 is 0 Å². The van der Waals surface area contributed by atoms with Crippen molar-refractivity contribution >= 4 is 17.3 Å². The van der Waals surface area contributed by atoms with Crippen LogP contribution in [0.5, 0.6) is 0 Å². The Morgan fingerprint density at radius 1 is 0.895 bits per heavy atom. The Morgan fingerprint density at radius 2 is 1.58 bits per heavy atom. The lowest BCUT2D eigenvalue weighted by Crippen LogP contribution is -2.29. The fourth-order valence-corrected chi connectivity index (χ4v) is 2.40. The normalized spacial score (nSPS) is 15.3. The van der Waals surface area contributed by atoms with Gasteiger partial charge in [-0.3, -0.25) is 0 Å². The molecule has 0 spiro atoms. The number of hydrogen-bond acceptors (Lipinski definition) is 4. The zero-order valence-corrected chi connectivity index (χ0v) is 10.9. The van der Waals surface area contributed by atoms with Crippen LogP contribution in [0.15, 0.2) is 42.7 Å². The van der Waals surface area contributed by atoms with Crippen LogP contribution in [-0.4, -0.2) is 23.1 Å². The molecule has 3 rings (SSSR count). The summed E-state index contributed by atoms with van der Waals surface area (Å²) in [4.78, 5) is 10.8. The van der Waals surface area contributed by atoms with Gasteiger partial charge in [0.1, 0.15) is 0 Å². The number of nitrogens with zero attached hydrogens (tertiary/aromatic N) is 3. The molecule has 0 amide bonds. The fourth-order valence-electron chi connectivity index (χ4n) is 2.40. The molecule has 0 radical (unpaired) electrons. The summed E-state index contributed by atoms with van der Waals surface area (Å²) < 4.78 is 0. The SMILES string of the molecule is c1cnc(Nc2ccc(N3CCCCC3)cc2)nc1. The molecule has 0 aliphatic carbocycles. The lowest BCUT2D eigenvalue weighted by molar-refractivity contribution is 0.578. The van der Waals surface area contributed by atoms with Crippen LogP contribution in [-0.2, 0) is 0 Å². The monoisotopic (exact) mass is 254 g/mol. The van der Waals surface area contributed by atoms with E-state index in [4.69, 9.17) is 0 Å². The predicted molar refractivity (Wildman–Crippen MR) is 77.8 cm³/mol. The molecule has 1 aromatic carbocycles. The first-order valence-corrected chi connectivity index (χ1v) is 6.81. The van der Waals surface area contributed by atoms with E-state index in [1.54, 1.807) is 12.4 Å². The minimum absolute atomic E-state index is 0.633. The van der Waals surface area contributed by atoms with E-state index in [1.165, 1.54) is 38.0 Å². The van der Waals surface area contributed by atoms with Crippen LogP contribution in [0.25, 0.3) is 0 Å². The van der Waals surface area contributed by atoms with Crippen LogP contribution in [0.1, 0.15) is 19.3 Å². The number of benzene rings is 1. The molecule has 1 saturated heterocycles. The Hall–Kier alpha value is -2.10. The maximum Gasteiger partial charge on any atom is 0.227 e. The highest BCUT2D eigenvalue weighted by Gasteiger charge is 2.10. The molecule has 1 N–H and O–H groups in total. The van der Waals surface area contributed by atoms with Crippen molar-refractivity contribution in [3.63, 3.8) is 0 Å². The Balaban J connectivity index is 1.68. The second-order valence-electron chi connectivity index (χ2n) is 4.79. The zero-order chi connectivity index (χ0) is 12.9. The van der Waals surface area contributed by atoms with Gasteiger partial charge in [-0.15, -0.1) is 0 Å². The van der Waals surface area contributed by atoms with Gasteiger partial charge < -0.3 is 10.2 Å². The second-order valence-corrected chi connectivity index (χ2v) is 4.79. The maximum atomic E-state index is 4.15. The number of aromatic nitrogens is 2. The predicted octanol–water partition coefficient (Wildman–Crippen LogP) is 3.21. The van der Waals surface area contributed by atoms with Crippen LogP contribution in [0, 0.1) is 0 Å². The van der Waals surface area contributed by atoms with E-state index in [0.717, 1.165) is 5.69 Å². The van der Waals surface area contributed by atoms with E-state index in [2.05, 4.69) is 44.5 Å². The van der Waals surface area contributed by atoms with Crippen molar-refractivity contribution in [1.29, 1.82) is 0 Å². The van der Waals surface area contributed by atoms with Crippen molar-refractivity contribution in [3.05, 3.63) is 42.7 Å². The van der Waals surface area contributed by atoms with Crippen LogP contribution >= 0.6 is 0 Å². The van der Waals surface area contributed by atoms with Gasteiger partial charge in [-0.1, -0.05) is 0 Å². The third kappa shape index (κ3) is 3.02. The summed E-state index contributed by atoms with van der Waals surface area (Å²) in [6.07, 6.45) is 7.44. The molecule has 2 aromatic rings. The van der Waals surface area contributed by atoms with E-state index in [-0.39, 0.29) is 0 Å². The zero-order valence-electron chi connectivity index (χ0n) is 10.9. The molecule has 4 nitrogen and oxygen atoms in total. The number of hydrogen-bond donors (Lipinski definition) is 1. The molecule has 0 saturated carbocycles. The minimum atomic E-state index is 0.633. The van der Waals surface area contributed by atoms with Gasteiger partial charge >= 0.3 is 0 Å². The molecule has 0 unspecified atom stereocenters. The number of rotatable bonds is 3. The Morgan fingerprint density at radius 3 is 2.26 bits per heavy atom. The van der Waals surface area contributed by atoms with E-state index in [1.807, 2.05) is 6.07 Å². The standard InChI is InChI=1S/C15H18N4/c1-2-11-19(12-3-1)14-7-5-13(6-8-14)18-15-16-9-4-10-17-15/h4-10H,1-3,11-12H2,(H,16,17,18). The lowest BCUT2D eigenvalue weighted by atomic mass is 10.1. The van der Waals surface area contributed by atoms with Gasteiger partial charge in [-0.05, 0) is 49.6 Å². The van der Waals surface area contributed by atoms with Crippen molar-refractivity contribution in [3.8, 4) is 0 Å². The summed E-state index contributed by atoms with van der Waals surface area (Å²) in [6, 6.07) is 10.3. The first kappa shape index (κ1) is 12.0. The van der Waals surface area contributed by atoms with Gasteiger partial charge in [0.05, 0.1) is 0 Å². The van der Waals surface area contributed by atoms with Gasteiger partial charge in [0, 0.05) is 36.9 Å². The molecule has 4 heteroatoms. The first-order valence-electron chi connectivity index (χ1n) is 6.81. The van der Waals surface area contributed by atoms with Crippen LogP contribution in [0.3, 0.4) is 0 Å². The topological polar surface area (TPSA) is 41.1 Å². The smallest absolute Gasteiger partial charge is 0.227 e. The quantitative estimate of drug-likeness (QED) is 0.913. The molecule has 98 valence electrons. The summed E-state index contributed by atoms with van der Waals surface area (Å²) >= 11 is 0. The molecular weight excluding hydrogens is 236 g/mol. The highest BCUT2D eigenvalue weighted by molar-refractivity contribution is 5.59. The highest BCUT2D eigenvalue weighted by Crippen LogP contribution is 2.22. The largest absolute Gasteiger partial charge is 0.372 e. The summed E-state index contributed by atoms with van der Waals surface area (Å²) in [5.74, 6) is 0.633. The van der Waals surface area contributed by atoms with E-state index in [0.29, 0.717) is 5.95 Å². The molecule has 2 heterocycles. The highest BCUT2D eigenvalue weighted by atomic mass is 15.1. The number of anilines is 3. The van der Waals surface area contributed by atoms with Crippen molar-refractivity contribution in [2.24, 2.45) is 0 Å². The van der Waals surface area contributed by atoms with E-state index < -0.39 is 0 Å². The Bertz CT molecular complexity index is 503. The summed E-state index contributed by atoms with van der Waals surface area (Å²) in [7, 11) is 0. The van der Waals surface area contributed by atoms with E-state index in [9.17, 15) is 0 Å². The van der Waals surface area contributed by atoms with Gasteiger partial charge in [0.15, 0.2) is 0 Å². The average molecular weight is 254 g/mol. The molecule has 19 heavy (non-hydrogen) atoms. The molecule has 1 aliphatic heterocycles. The second kappa shape index (κ2) is 5.69. The van der Waals surface area contributed by atoms with Crippen molar-refractivity contribution in [2.45, 2.75) is 19.3 Å². The summed E-state index contributed by atoms with van der Waals surface area (Å²) in [6.45, 7) is 2.35. The van der Waals surface area contributed by atoms with Crippen molar-refractivity contribution in [2.75, 3.05) is 23.3 Å². The molecule has 0 atom stereocenters. The Labute approximate surface area is 113 Å². The number of piperidine rings is 1. The van der Waals surface area contributed by atoms with Crippen LogP contribution in [0.4, 0.5) is 17.3 Å². The molecule has 0 bridgehead atoms. The van der Waals surface area contributed by atoms with Crippen LogP contribution < -0.4 is 10.2 Å². The van der Waals surface area contributed by atoms with Gasteiger partial charge in [0.2, 0.25) is 5.95 Å². The fraction of sp³-hybridized carbons (Fsp3) is 0.333. The third-order valence-electron chi connectivity index (χ3n) is 3.41. The van der Waals surface area contributed by atoms with Gasteiger partial charge in [-0.2, -0.15) is 0 Å². The molecule has 1 fully saturated rings. The first-order chi connectivity index (χ1) is 9.42. The van der Waals surface area contributed by atoms with E-state index >= 15 is 0 Å². The van der Waals surface area contributed by atoms with Gasteiger partial charge in [0.25, 0.3) is 0 Å². The molecule has 1 aromatic heterocycles. The number of nitrogens with one attached hydrogen (secondary N) is 1.